The smallest absolute Gasteiger partial charge is 0.409 e. The first kappa shape index (κ1) is 21.5. The second kappa shape index (κ2) is 8.28. The Morgan fingerprint density at radius 1 is 1.45 bits per heavy atom. The van der Waals surface area contributed by atoms with Gasteiger partial charge in [-0.3, -0.25) is 4.79 Å². The van der Waals surface area contributed by atoms with Gasteiger partial charge in [0.25, 0.3) is 5.91 Å². The Bertz CT molecular complexity index is 814. The molecule has 0 radical (unpaired) electrons. The largest absolute Gasteiger partial charge is 0.486 e. The van der Waals surface area contributed by atoms with Gasteiger partial charge in [-0.1, -0.05) is 11.6 Å². The monoisotopic (exact) mass is 425 g/mol. The van der Waals surface area contributed by atoms with E-state index in [0.717, 1.165) is 5.56 Å². The minimum Gasteiger partial charge on any atom is -0.486 e. The summed E-state index contributed by atoms with van der Waals surface area (Å²) in [5, 5.41) is 3.34. The molecule has 1 saturated heterocycles. The van der Waals surface area contributed by atoms with Crippen molar-refractivity contribution < 1.29 is 23.8 Å². The molecule has 1 aromatic carbocycles. The van der Waals surface area contributed by atoms with Crippen molar-refractivity contribution in [3.05, 3.63) is 22.2 Å². The van der Waals surface area contributed by atoms with Gasteiger partial charge in [-0.15, -0.1) is 0 Å². The predicted octanol–water partition coefficient (Wildman–Crippen LogP) is 2.61. The number of carbonyl (C=O) groups excluding carboxylic acids is 2. The van der Waals surface area contributed by atoms with Gasteiger partial charge < -0.3 is 30.2 Å². The highest BCUT2D eigenvalue weighted by Crippen LogP contribution is 2.44. The highest BCUT2D eigenvalue weighted by atomic mass is 35.5. The lowest BCUT2D eigenvalue weighted by atomic mass is 9.98. The number of amides is 2. The van der Waals surface area contributed by atoms with Crippen molar-refractivity contribution in [3.63, 3.8) is 0 Å². The number of fused-ring (bicyclic) bond motifs is 1. The number of nitrogens with one attached hydrogen (secondary N) is 1. The van der Waals surface area contributed by atoms with Crippen LogP contribution in [0.4, 0.5) is 10.5 Å². The van der Waals surface area contributed by atoms with Gasteiger partial charge in [0.2, 0.25) is 0 Å². The van der Waals surface area contributed by atoms with Crippen molar-refractivity contribution in [3.8, 4) is 5.75 Å². The van der Waals surface area contributed by atoms with Gasteiger partial charge in [0, 0.05) is 25.6 Å². The summed E-state index contributed by atoms with van der Waals surface area (Å²) in [5.41, 5.74) is 7.20. The third kappa shape index (κ3) is 4.38. The summed E-state index contributed by atoms with van der Waals surface area (Å²) in [7, 11) is 1.56. The van der Waals surface area contributed by atoms with Crippen LogP contribution in [0.15, 0.2) is 6.07 Å². The molecule has 1 fully saturated rings. The molecule has 3 rings (SSSR count). The fourth-order valence-electron chi connectivity index (χ4n) is 3.85. The van der Waals surface area contributed by atoms with Gasteiger partial charge in [-0.25, -0.2) is 4.79 Å². The molecule has 2 aliphatic heterocycles. The predicted molar refractivity (Wildman–Crippen MR) is 110 cm³/mol. The molecule has 0 aliphatic carbocycles. The lowest BCUT2D eigenvalue weighted by molar-refractivity contribution is 0.00450. The Kier molecular flexibility index (Phi) is 6.14. The molecule has 160 valence electrons. The Morgan fingerprint density at radius 2 is 2.17 bits per heavy atom. The van der Waals surface area contributed by atoms with Gasteiger partial charge in [-0.05, 0) is 33.3 Å². The number of anilines is 1. The lowest BCUT2D eigenvalue weighted by Gasteiger charge is -2.37. The molecule has 0 bridgehead atoms. The zero-order valence-corrected chi connectivity index (χ0v) is 18.0. The molecule has 2 amide bonds. The molecule has 2 heterocycles. The first-order chi connectivity index (χ1) is 13.7. The van der Waals surface area contributed by atoms with Crippen molar-refractivity contribution >= 4 is 29.3 Å². The Morgan fingerprint density at radius 3 is 2.83 bits per heavy atom. The quantitative estimate of drug-likeness (QED) is 0.719. The van der Waals surface area contributed by atoms with E-state index in [9.17, 15) is 9.59 Å². The first-order valence-corrected chi connectivity index (χ1v) is 10.1. The van der Waals surface area contributed by atoms with E-state index in [2.05, 4.69) is 5.32 Å². The summed E-state index contributed by atoms with van der Waals surface area (Å²) in [6, 6.07) is 1.28. The Balaban J connectivity index is 1.77. The molecular formula is C20H28ClN3O5. The first-order valence-electron chi connectivity index (χ1n) is 9.72. The van der Waals surface area contributed by atoms with E-state index >= 15 is 0 Å². The molecule has 2 atom stereocenters. The van der Waals surface area contributed by atoms with E-state index in [-0.39, 0.29) is 24.1 Å². The summed E-state index contributed by atoms with van der Waals surface area (Å²) in [5.74, 6) is 0.171. The Hall–Kier alpha value is -2.19. The van der Waals surface area contributed by atoms with Crippen molar-refractivity contribution in [1.29, 1.82) is 0 Å². The Labute approximate surface area is 175 Å². The molecule has 0 unspecified atom stereocenters. The second-order valence-electron chi connectivity index (χ2n) is 7.95. The van der Waals surface area contributed by atoms with Crippen molar-refractivity contribution in [2.75, 3.05) is 32.5 Å². The van der Waals surface area contributed by atoms with E-state index in [0.29, 0.717) is 54.6 Å². The topological polar surface area (TPSA) is 103 Å². The molecule has 9 heteroatoms. The number of nitrogens with zero attached hydrogens (tertiary/aromatic N) is 1. The van der Waals surface area contributed by atoms with Crippen LogP contribution in [-0.2, 0) is 15.9 Å². The van der Waals surface area contributed by atoms with Crippen LogP contribution in [0.1, 0.15) is 43.1 Å². The number of nitrogen functional groups attached to an aromatic ring is 1. The molecule has 3 N–H and O–H groups in total. The van der Waals surface area contributed by atoms with Gasteiger partial charge in [0.05, 0.1) is 41.6 Å². The standard InChI is InChI=1S/C20H28ClN3O5/c1-5-28-19(26)24-7-6-14(15(10-24)27-4)23-18(25)11-8-13(21)16(22)12-9-20(2,3)29-17(11)12/h8,14-15H,5-7,9-10,22H2,1-4H3,(H,23,25)/t14-,15+/m1/s1. The third-order valence-corrected chi connectivity index (χ3v) is 5.61. The number of halogens is 1. The van der Waals surface area contributed by atoms with Crippen LogP contribution in [0.5, 0.6) is 5.75 Å². The number of nitrogens with two attached hydrogens (primary N) is 1. The number of methoxy groups -OCH3 is 1. The summed E-state index contributed by atoms with van der Waals surface area (Å²) in [6.45, 7) is 6.76. The van der Waals surface area contributed by atoms with Gasteiger partial charge in [0.15, 0.2) is 0 Å². The summed E-state index contributed by atoms with van der Waals surface area (Å²) >= 11 is 6.27. The zero-order chi connectivity index (χ0) is 21.3. The summed E-state index contributed by atoms with van der Waals surface area (Å²) in [4.78, 5) is 26.6. The van der Waals surface area contributed by atoms with E-state index in [1.54, 1.807) is 25.0 Å². The van der Waals surface area contributed by atoms with Crippen LogP contribution in [0.25, 0.3) is 0 Å². The van der Waals surface area contributed by atoms with Crippen LogP contribution in [0.2, 0.25) is 5.02 Å². The number of benzene rings is 1. The molecule has 0 spiro atoms. The number of carbonyl (C=O) groups is 2. The number of hydrogen-bond donors (Lipinski definition) is 2. The van der Waals surface area contributed by atoms with Crippen LogP contribution in [-0.4, -0.2) is 61.5 Å². The van der Waals surface area contributed by atoms with Crippen molar-refractivity contribution in [2.45, 2.75) is 51.4 Å². The normalized spacial score (nSPS) is 22.6. The number of ether oxygens (including phenoxy) is 3. The molecule has 8 nitrogen and oxygen atoms in total. The van der Waals surface area contributed by atoms with Crippen LogP contribution in [0.3, 0.4) is 0 Å². The van der Waals surface area contributed by atoms with Crippen LogP contribution >= 0.6 is 11.6 Å². The number of piperidine rings is 1. The van der Waals surface area contributed by atoms with Crippen molar-refractivity contribution in [2.24, 2.45) is 0 Å². The van der Waals surface area contributed by atoms with Gasteiger partial charge >= 0.3 is 6.09 Å². The SMILES string of the molecule is CCOC(=O)N1CC[C@@H](NC(=O)c2cc(Cl)c(N)c3c2OC(C)(C)C3)[C@@H](OC)C1. The fraction of sp³-hybridized carbons (Fsp3) is 0.600. The van der Waals surface area contributed by atoms with Gasteiger partial charge in [-0.2, -0.15) is 0 Å². The lowest BCUT2D eigenvalue weighted by Crippen LogP contribution is -2.56. The highest BCUT2D eigenvalue weighted by molar-refractivity contribution is 6.33. The molecule has 0 saturated carbocycles. The van der Waals surface area contributed by atoms with Gasteiger partial charge in [0.1, 0.15) is 11.4 Å². The number of hydrogen-bond acceptors (Lipinski definition) is 6. The van der Waals surface area contributed by atoms with Crippen LogP contribution < -0.4 is 15.8 Å². The summed E-state index contributed by atoms with van der Waals surface area (Å²) in [6.07, 6.45) is 0.387. The molecule has 0 aromatic heterocycles. The maximum atomic E-state index is 13.1. The molecular weight excluding hydrogens is 398 g/mol. The fourth-order valence-corrected chi connectivity index (χ4v) is 4.07. The average Bonchev–Trinajstić information content (AvgIpc) is 3.00. The minimum atomic E-state index is -0.462. The molecule has 2 aliphatic rings. The average molecular weight is 426 g/mol. The van der Waals surface area contributed by atoms with E-state index < -0.39 is 5.60 Å². The minimum absolute atomic E-state index is 0.264. The van der Waals surface area contributed by atoms with E-state index in [1.165, 1.54) is 0 Å². The zero-order valence-electron chi connectivity index (χ0n) is 17.2. The summed E-state index contributed by atoms with van der Waals surface area (Å²) < 4.78 is 16.6. The second-order valence-corrected chi connectivity index (χ2v) is 8.36. The number of likely N-dealkylation sites (tertiary alicyclic amines) is 1. The maximum absolute atomic E-state index is 13.1. The van der Waals surface area contributed by atoms with Crippen molar-refractivity contribution in [1.82, 2.24) is 10.2 Å². The van der Waals surface area contributed by atoms with E-state index in [4.69, 9.17) is 31.5 Å². The highest BCUT2D eigenvalue weighted by Gasteiger charge is 2.38. The number of rotatable bonds is 4. The molecule has 29 heavy (non-hydrogen) atoms. The maximum Gasteiger partial charge on any atom is 0.409 e. The molecule has 1 aromatic rings. The van der Waals surface area contributed by atoms with Crippen LogP contribution in [0, 0.1) is 0 Å². The third-order valence-electron chi connectivity index (χ3n) is 5.30. The van der Waals surface area contributed by atoms with E-state index in [1.807, 2.05) is 13.8 Å².